The minimum atomic E-state index is -1.04. The van der Waals surface area contributed by atoms with Crippen LogP contribution >= 0.6 is 11.6 Å². The molecule has 0 spiro atoms. The van der Waals surface area contributed by atoms with Crippen LogP contribution in [0.5, 0.6) is 5.75 Å². The van der Waals surface area contributed by atoms with Gasteiger partial charge in [0.15, 0.2) is 0 Å². The monoisotopic (exact) mass is 438 g/mol. The van der Waals surface area contributed by atoms with E-state index in [0.717, 1.165) is 11.1 Å². The van der Waals surface area contributed by atoms with Gasteiger partial charge in [0, 0.05) is 17.0 Å². The fourth-order valence-electron chi connectivity index (χ4n) is 3.24. The summed E-state index contributed by atoms with van der Waals surface area (Å²) in [5, 5.41) is 25.5. The number of urea groups is 1. The SMILES string of the molecule is Cc1ccc([C@@H](CC(=O)O)NC(=O)Nc2cc(Cl)cc(Cc3ccccc3)c2O)cc1. The zero-order valence-electron chi connectivity index (χ0n) is 16.9. The van der Waals surface area contributed by atoms with Crippen molar-refractivity contribution in [3.63, 3.8) is 0 Å². The summed E-state index contributed by atoms with van der Waals surface area (Å²) in [5.74, 6) is -1.13. The Morgan fingerprint density at radius 2 is 1.71 bits per heavy atom. The van der Waals surface area contributed by atoms with Gasteiger partial charge >= 0.3 is 12.0 Å². The number of nitrogens with one attached hydrogen (secondary N) is 2. The standard InChI is InChI=1S/C24H23ClN2O4/c1-15-7-9-17(10-8-15)20(14-22(28)29)26-24(31)27-21-13-19(25)12-18(23(21)30)11-16-5-3-2-4-6-16/h2-10,12-13,20,30H,11,14H2,1H3,(H,28,29)(H2,26,27,31)/t20-/m1/s1. The average molecular weight is 439 g/mol. The molecule has 4 N–H and O–H groups in total. The topological polar surface area (TPSA) is 98.7 Å². The molecule has 6 nitrogen and oxygen atoms in total. The molecular formula is C24H23ClN2O4. The van der Waals surface area contributed by atoms with Gasteiger partial charge in [-0.05, 0) is 30.2 Å². The third-order valence-electron chi connectivity index (χ3n) is 4.80. The molecule has 2 amide bonds. The Bertz CT molecular complexity index is 1070. The number of phenols is 1. The van der Waals surface area contributed by atoms with Crippen molar-refractivity contribution in [2.45, 2.75) is 25.8 Å². The van der Waals surface area contributed by atoms with E-state index in [1.165, 1.54) is 6.07 Å². The maximum Gasteiger partial charge on any atom is 0.319 e. The van der Waals surface area contributed by atoms with Gasteiger partial charge in [-0.2, -0.15) is 0 Å². The maximum absolute atomic E-state index is 12.6. The van der Waals surface area contributed by atoms with Gasteiger partial charge in [0.05, 0.1) is 18.2 Å². The van der Waals surface area contributed by atoms with Gasteiger partial charge < -0.3 is 20.8 Å². The number of carboxylic acid groups (broad SMARTS) is 1. The minimum absolute atomic E-state index is 0.0893. The number of benzene rings is 3. The lowest BCUT2D eigenvalue weighted by molar-refractivity contribution is -0.137. The van der Waals surface area contributed by atoms with Crippen LogP contribution in [0.25, 0.3) is 0 Å². The van der Waals surface area contributed by atoms with E-state index in [2.05, 4.69) is 10.6 Å². The van der Waals surface area contributed by atoms with Crippen LogP contribution in [-0.4, -0.2) is 22.2 Å². The lowest BCUT2D eigenvalue weighted by atomic mass is 10.0. The molecule has 0 radical (unpaired) electrons. The molecule has 0 unspecified atom stereocenters. The molecule has 0 bridgehead atoms. The number of carbonyl (C=O) groups is 2. The fraction of sp³-hybridized carbons (Fsp3) is 0.167. The van der Waals surface area contributed by atoms with Crippen molar-refractivity contribution in [1.82, 2.24) is 5.32 Å². The fourth-order valence-corrected chi connectivity index (χ4v) is 3.48. The average Bonchev–Trinajstić information content (AvgIpc) is 2.72. The van der Waals surface area contributed by atoms with E-state index in [-0.39, 0.29) is 17.9 Å². The summed E-state index contributed by atoms with van der Waals surface area (Å²) in [5.41, 5.74) is 3.39. The highest BCUT2D eigenvalue weighted by Gasteiger charge is 2.19. The third kappa shape index (κ3) is 6.23. The number of aromatic hydroxyl groups is 1. The van der Waals surface area contributed by atoms with Crippen molar-refractivity contribution >= 4 is 29.3 Å². The largest absolute Gasteiger partial charge is 0.505 e. The lowest BCUT2D eigenvalue weighted by Crippen LogP contribution is -2.33. The Labute approximate surface area is 185 Å². The molecule has 31 heavy (non-hydrogen) atoms. The molecule has 7 heteroatoms. The number of amides is 2. The second-order valence-electron chi connectivity index (χ2n) is 7.28. The van der Waals surface area contributed by atoms with Crippen molar-refractivity contribution in [2.24, 2.45) is 0 Å². The van der Waals surface area contributed by atoms with Gasteiger partial charge in [0.25, 0.3) is 0 Å². The Balaban J connectivity index is 1.78. The van der Waals surface area contributed by atoms with Gasteiger partial charge in [-0.15, -0.1) is 0 Å². The molecule has 3 aromatic rings. The van der Waals surface area contributed by atoms with E-state index in [1.54, 1.807) is 18.2 Å². The number of anilines is 1. The Hall–Kier alpha value is -3.51. The number of hydrogen-bond donors (Lipinski definition) is 4. The van der Waals surface area contributed by atoms with E-state index in [9.17, 15) is 19.8 Å². The van der Waals surface area contributed by atoms with Crippen molar-refractivity contribution in [1.29, 1.82) is 0 Å². The van der Waals surface area contributed by atoms with Crippen LogP contribution < -0.4 is 10.6 Å². The number of aryl methyl sites for hydroxylation is 1. The summed E-state index contributed by atoms with van der Waals surface area (Å²) in [6, 6.07) is 18.5. The number of carbonyl (C=O) groups excluding carboxylic acids is 1. The first kappa shape index (κ1) is 22.2. The molecule has 0 aliphatic heterocycles. The molecule has 160 valence electrons. The molecule has 0 aliphatic rings. The molecule has 3 aromatic carbocycles. The van der Waals surface area contributed by atoms with Crippen molar-refractivity contribution in [3.05, 3.63) is 94.0 Å². The summed E-state index contributed by atoms with van der Waals surface area (Å²) in [4.78, 5) is 23.9. The van der Waals surface area contributed by atoms with Crippen LogP contribution in [0, 0.1) is 6.92 Å². The van der Waals surface area contributed by atoms with Crippen LogP contribution in [0.4, 0.5) is 10.5 Å². The lowest BCUT2D eigenvalue weighted by Gasteiger charge is -2.19. The van der Waals surface area contributed by atoms with Crippen molar-refractivity contribution < 1.29 is 19.8 Å². The Morgan fingerprint density at radius 3 is 2.35 bits per heavy atom. The predicted molar refractivity (Wildman–Crippen MR) is 121 cm³/mol. The second kappa shape index (κ2) is 10.00. The molecule has 0 fully saturated rings. The molecule has 3 rings (SSSR count). The summed E-state index contributed by atoms with van der Waals surface area (Å²) in [6.07, 6.45) is 0.159. The van der Waals surface area contributed by atoms with E-state index < -0.39 is 18.0 Å². The number of halogens is 1. The number of phenolic OH excluding ortho intramolecular Hbond substituents is 1. The third-order valence-corrected chi connectivity index (χ3v) is 5.02. The summed E-state index contributed by atoms with van der Waals surface area (Å²) in [7, 11) is 0. The predicted octanol–water partition coefficient (Wildman–Crippen LogP) is 5.28. The highest BCUT2D eigenvalue weighted by molar-refractivity contribution is 6.31. The smallest absolute Gasteiger partial charge is 0.319 e. The summed E-state index contributed by atoms with van der Waals surface area (Å²) in [6.45, 7) is 1.92. The van der Waals surface area contributed by atoms with E-state index in [1.807, 2.05) is 49.4 Å². The first-order chi connectivity index (χ1) is 14.8. The number of hydrogen-bond acceptors (Lipinski definition) is 3. The van der Waals surface area contributed by atoms with E-state index >= 15 is 0 Å². The molecular weight excluding hydrogens is 416 g/mol. The van der Waals surface area contributed by atoms with Gasteiger partial charge in [-0.3, -0.25) is 4.79 Å². The Kier molecular flexibility index (Phi) is 7.15. The molecule has 0 aromatic heterocycles. The molecule has 0 saturated carbocycles. The van der Waals surface area contributed by atoms with Crippen molar-refractivity contribution in [3.8, 4) is 5.75 Å². The summed E-state index contributed by atoms with van der Waals surface area (Å²) < 4.78 is 0. The highest BCUT2D eigenvalue weighted by Crippen LogP contribution is 2.33. The molecule has 0 heterocycles. The quantitative estimate of drug-likeness (QED) is 0.377. The summed E-state index contributed by atoms with van der Waals surface area (Å²) >= 11 is 6.20. The second-order valence-corrected chi connectivity index (χ2v) is 7.72. The van der Waals surface area contributed by atoms with Crippen LogP contribution in [0.3, 0.4) is 0 Å². The molecule has 1 atom stereocenters. The highest BCUT2D eigenvalue weighted by atomic mass is 35.5. The van der Waals surface area contributed by atoms with E-state index in [0.29, 0.717) is 22.6 Å². The normalized spacial score (nSPS) is 11.5. The number of carboxylic acids is 1. The first-order valence-electron chi connectivity index (χ1n) is 9.73. The minimum Gasteiger partial charge on any atom is -0.505 e. The Morgan fingerprint density at radius 1 is 1.03 bits per heavy atom. The number of aliphatic carboxylic acids is 1. The van der Waals surface area contributed by atoms with Gasteiger partial charge in [-0.25, -0.2) is 4.79 Å². The van der Waals surface area contributed by atoms with Crippen LogP contribution in [0.15, 0.2) is 66.7 Å². The van der Waals surface area contributed by atoms with Gasteiger partial charge in [0.2, 0.25) is 0 Å². The van der Waals surface area contributed by atoms with Crippen molar-refractivity contribution in [2.75, 3.05) is 5.32 Å². The maximum atomic E-state index is 12.6. The zero-order chi connectivity index (χ0) is 22.4. The van der Waals surface area contributed by atoms with Gasteiger partial charge in [0.1, 0.15) is 5.75 Å². The van der Waals surface area contributed by atoms with Crippen LogP contribution in [0.1, 0.15) is 34.7 Å². The zero-order valence-corrected chi connectivity index (χ0v) is 17.7. The van der Waals surface area contributed by atoms with Crippen LogP contribution in [-0.2, 0) is 11.2 Å². The first-order valence-corrected chi connectivity index (χ1v) is 10.1. The molecule has 0 aliphatic carbocycles. The number of rotatable bonds is 7. The van der Waals surface area contributed by atoms with E-state index in [4.69, 9.17) is 11.6 Å². The van der Waals surface area contributed by atoms with Gasteiger partial charge in [-0.1, -0.05) is 71.8 Å². The molecule has 0 saturated heterocycles. The van der Waals surface area contributed by atoms with Crippen LogP contribution in [0.2, 0.25) is 5.02 Å².